The molecule has 1 spiro atoms. The van der Waals surface area contributed by atoms with Crippen molar-refractivity contribution >= 4 is 23.2 Å². The van der Waals surface area contributed by atoms with Crippen LogP contribution in [0.4, 0.5) is 0 Å². The maximum Gasteiger partial charge on any atom is 0.0945 e. The van der Waals surface area contributed by atoms with E-state index in [0.717, 1.165) is 63.2 Å². The average Bonchev–Trinajstić information content (AvgIpc) is 3.13. The van der Waals surface area contributed by atoms with Crippen LogP contribution in [0.1, 0.15) is 36.9 Å². The van der Waals surface area contributed by atoms with E-state index < -0.39 is 0 Å². The van der Waals surface area contributed by atoms with Crippen molar-refractivity contribution in [3.05, 3.63) is 63.9 Å². The molecule has 28 heavy (non-hydrogen) atoms. The zero-order valence-corrected chi connectivity index (χ0v) is 17.4. The van der Waals surface area contributed by atoms with Crippen LogP contribution in [-0.2, 0) is 21.4 Å². The Hall–Kier alpha value is -1.17. The van der Waals surface area contributed by atoms with Gasteiger partial charge in [0.15, 0.2) is 0 Å². The number of hydrogen-bond donors (Lipinski definition) is 1. The summed E-state index contributed by atoms with van der Waals surface area (Å²) in [4.78, 5) is 4.73. The third kappa shape index (κ3) is 4.52. The summed E-state index contributed by atoms with van der Waals surface area (Å²) in [5.41, 5.74) is 2.11. The molecule has 150 valence electrons. The number of hydrogen-bond acceptors (Lipinski definition) is 4. The minimum atomic E-state index is -0.156. The lowest BCUT2D eigenvalue weighted by atomic mass is 9.68. The second kappa shape index (κ2) is 8.68. The molecule has 2 unspecified atom stereocenters. The zero-order chi connectivity index (χ0) is 19.5. The van der Waals surface area contributed by atoms with Gasteiger partial charge in [0, 0.05) is 53.5 Å². The van der Waals surface area contributed by atoms with Gasteiger partial charge in [0.25, 0.3) is 0 Å². The van der Waals surface area contributed by atoms with Crippen LogP contribution in [0.15, 0.2) is 42.6 Å². The Morgan fingerprint density at radius 2 is 1.93 bits per heavy atom. The van der Waals surface area contributed by atoms with Gasteiger partial charge in [0.05, 0.1) is 12.2 Å². The van der Waals surface area contributed by atoms with Crippen LogP contribution in [-0.4, -0.2) is 37.0 Å². The normalized spacial score (nSPS) is 27.4. The first kappa shape index (κ1) is 20.1. The smallest absolute Gasteiger partial charge is 0.0945 e. The molecule has 2 aliphatic heterocycles. The predicted octanol–water partition coefficient (Wildman–Crippen LogP) is 4.78. The monoisotopic (exact) mass is 420 g/mol. The molecule has 0 aliphatic carbocycles. The molecule has 1 N–H and O–H groups in total. The van der Waals surface area contributed by atoms with Crippen molar-refractivity contribution in [1.82, 2.24) is 10.3 Å². The highest BCUT2D eigenvalue weighted by atomic mass is 35.5. The average molecular weight is 421 g/mol. The van der Waals surface area contributed by atoms with Gasteiger partial charge in [0.1, 0.15) is 0 Å². The van der Waals surface area contributed by atoms with E-state index in [4.69, 9.17) is 37.7 Å². The molecule has 0 saturated carbocycles. The number of ether oxygens (including phenoxy) is 2. The highest BCUT2D eigenvalue weighted by molar-refractivity contribution is 6.34. The van der Waals surface area contributed by atoms with Gasteiger partial charge in [-0.2, -0.15) is 0 Å². The number of halogens is 2. The van der Waals surface area contributed by atoms with Gasteiger partial charge in [-0.1, -0.05) is 29.3 Å². The van der Waals surface area contributed by atoms with Crippen molar-refractivity contribution in [1.29, 1.82) is 0 Å². The van der Waals surface area contributed by atoms with E-state index in [1.54, 1.807) is 6.07 Å². The Bertz CT molecular complexity index is 776. The van der Waals surface area contributed by atoms with E-state index in [1.165, 1.54) is 0 Å². The summed E-state index contributed by atoms with van der Waals surface area (Å²) >= 11 is 12.2. The highest BCUT2D eigenvalue weighted by Gasteiger charge is 2.49. The van der Waals surface area contributed by atoms with Crippen molar-refractivity contribution in [3.63, 3.8) is 0 Å². The number of nitrogens with one attached hydrogen (secondary N) is 1. The van der Waals surface area contributed by atoms with E-state index in [9.17, 15) is 0 Å². The van der Waals surface area contributed by atoms with Crippen LogP contribution in [0.25, 0.3) is 0 Å². The molecule has 0 radical (unpaired) electrons. The molecule has 4 nitrogen and oxygen atoms in total. The van der Waals surface area contributed by atoms with Crippen LogP contribution in [0.3, 0.4) is 0 Å². The minimum Gasteiger partial charge on any atom is -0.378 e. The Morgan fingerprint density at radius 1 is 1.07 bits per heavy atom. The summed E-state index contributed by atoms with van der Waals surface area (Å²) in [6.07, 6.45) is 5.81. The summed E-state index contributed by atoms with van der Waals surface area (Å²) in [5, 5.41) is 4.90. The molecule has 2 atom stereocenters. The standard InChI is InChI=1S/C22H26Cl2N2O2/c23-18-11-17(12-19(24)13-18)14-25-8-4-21(20-3-1-2-7-26-20)5-10-28-22(15-21)6-9-27-16-22/h1-3,7,11-13,25H,4-6,8-10,14-16H2. The molecule has 2 saturated heterocycles. The third-order valence-corrected chi connectivity index (χ3v) is 6.39. The minimum absolute atomic E-state index is 0.00614. The Balaban J connectivity index is 1.45. The summed E-state index contributed by atoms with van der Waals surface area (Å²) in [7, 11) is 0. The molecule has 2 aromatic rings. The number of rotatable bonds is 6. The quantitative estimate of drug-likeness (QED) is 0.682. The van der Waals surface area contributed by atoms with Crippen LogP contribution in [0, 0.1) is 0 Å². The van der Waals surface area contributed by atoms with E-state index in [1.807, 2.05) is 24.4 Å². The molecule has 6 heteroatoms. The topological polar surface area (TPSA) is 43.4 Å². The number of pyridine rings is 1. The van der Waals surface area contributed by atoms with E-state index >= 15 is 0 Å². The SMILES string of the molecule is Clc1cc(Cl)cc(CNCCC2(c3ccccn3)CCOC3(CCOC3)C2)c1. The molecule has 3 heterocycles. The van der Waals surface area contributed by atoms with E-state index in [-0.39, 0.29) is 11.0 Å². The van der Waals surface area contributed by atoms with Crippen LogP contribution >= 0.6 is 23.2 Å². The van der Waals surface area contributed by atoms with Crippen molar-refractivity contribution in [2.24, 2.45) is 0 Å². The van der Waals surface area contributed by atoms with Crippen LogP contribution in [0.2, 0.25) is 10.0 Å². The van der Waals surface area contributed by atoms with Gasteiger partial charge in [-0.05, 0) is 61.7 Å². The molecule has 4 rings (SSSR count). The lowest BCUT2D eigenvalue weighted by Crippen LogP contribution is -2.49. The Labute approximate surface area is 176 Å². The summed E-state index contributed by atoms with van der Waals surface area (Å²) in [5.74, 6) is 0. The Morgan fingerprint density at radius 3 is 2.64 bits per heavy atom. The summed E-state index contributed by atoms with van der Waals surface area (Å²) in [6.45, 7) is 3.85. The first-order valence-electron chi connectivity index (χ1n) is 9.88. The predicted molar refractivity (Wildman–Crippen MR) is 112 cm³/mol. The second-order valence-electron chi connectivity index (χ2n) is 7.96. The molecular formula is C22H26Cl2N2O2. The van der Waals surface area contributed by atoms with E-state index in [2.05, 4.69) is 17.4 Å². The largest absolute Gasteiger partial charge is 0.378 e. The van der Waals surface area contributed by atoms with Crippen molar-refractivity contribution in [3.8, 4) is 0 Å². The first-order chi connectivity index (χ1) is 13.6. The van der Waals surface area contributed by atoms with Crippen molar-refractivity contribution in [2.45, 2.75) is 43.2 Å². The lowest BCUT2D eigenvalue weighted by molar-refractivity contribution is -0.109. The first-order valence-corrected chi connectivity index (χ1v) is 10.6. The van der Waals surface area contributed by atoms with Crippen molar-refractivity contribution < 1.29 is 9.47 Å². The maximum absolute atomic E-state index is 6.20. The zero-order valence-electron chi connectivity index (χ0n) is 15.9. The number of benzene rings is 1. The van der Waals surface area contributed by atoms with Crippen LogP contribution in [0.5, 0.6) is 0 Å². The summed E-state index contributed by atoms with van der Waals surface area (Å²) in [6, 6.07) is 11.9. The van der Waals surface area contributed by atoms with Gasteiger partial charge < -0.3 is 14.8 Å². The van der Waals surface area contributed by atoms with Crippen molar-refractivity contribution in [2.75, 3.05) is 26.4 Å². The van der Waals surface area contributed by atoms with Gasteiger partial charge in [-0.3, -0.25) is 4.98 Å². The Kier molecular flexibility index (Phi) is 6.24. The second-order valence-corrected chi connectivity index (χ2v) is 8.83. The molecular weight excluding hydrogens is 395 g/mol. The molecule has 0 bridgehead atoms. The fourth-order valence-corrected chi connectivity index (χ4v) is 5.14. The molecule has 2 aliphatic rings. The maximum atomic E-state index is 6.20. The molecule has 0 amide bonds. The van der Waals surface area contributed by atoms with Gasteiger partial charge >= 0.3 is 0 Å². The number of nitrogens with zero attached hydrogens (tertiary/aromatic N) is 1. The number of aromatic nitrogens is 1. The fourth-order valence-electron chi connectivity index (χ4n) is 4.57. The molecule has 1 aromatic carbocycles. The van der Waals surface area contributed by atoms with Gasteiger partial charge in [-0.15, -0.1) is 0 Å². The van der Waals surface area contributed by atoms with Crippen LogP contribution < -0.4 is 5.32 Å². The van der Waals surface area contributed by atoms with Gasteiger partial charge in [0.2, 0.25) is 0 Å². The highest BCUT2D eigenvalue weighted by Crippen LogP contribution is 2.46. The molecule has 1 aromatic heterocycles. The molecule has 2 fully saturated rings. The van der Waals surface area contributed by atoms with E-state index in [0.29, 0.717) is 16.7 Å². The van der Waals surface area contributed by atoms with Gasteiger partial charge in [-0.25, -0.2) is 0 Å². The third-order valence-electron chi connectivity index (χ3n) is 5.96. The fraction of sp³-hybridized carbons (Fsp3) is 0.500. The lowest BCUT2D eigenvalue weighted by Gasteiger charge is -2.45. The summed E-state index contributed by atoms with van der Waals surface area (Å²) < 4.78 is 11.9.